The number of hydrogen-bond donors (Lipinski definition) is 2. The summed E-state index contributed by atoms with van der Waals surface area (Å²) in [4.78, 5) is 7.67. The maximum atomic E-state index is 6.31. The first kappa shape index (κ1) is 31.4. The summed E-state index contributed by atoms with van der Waals surface area (Å²) < 4.78 is 12.6. The third-order valence-corrected chi connectivity index (χ3v) is 12.2. The van der Waals surface area contributed by atoms with Gasteiger partial charge in [-0.2, -0.15) is 0 Å². The number of rotatable bonds is 4. The average molecular weight is 741 g/mol. The molecular weight excluding hydrogens is 709 g/mol. The van der Waals surface area contributed by atoms with Gasteiger partial charge in [-0.15, -0.1) is 0 Å². The summed E-state index contributed by atoms with van der Waals surface area (Å²) >= 11 is 0. The molecule has 4 nitrogen and oxygen atoms in total. The van der Waals surface area contributed by atoms with Crippen molar-refractivity contribution in [2.75, 3.05) is 0 Å². The number of para-hydroxylation sites is 2. The fourth-order valence-electron chi connectivity index (χ4n) is 9.34. The van der Waals surface area contributed by atoms with Gasteiger partial charge in [0, 0.05) is 65.3 Å². The number of fused-ring (bicyclic) bond motifs is 12. The minimum atomic E-state index is 0.892. The summed E-state index contributed by atoms with van der Waals surface area (Å²) in [5.41, 5.74) is 17.4. The van der Waals surface area contributed by atoms with E-state index in [9.17, 15) is 0 Å². The Bertz CT molecular complexity index is 3540. The first-order valence-corrected chi connectivity index (χ1v) is 19.7. The van der Waals surface area contributed by atoms with Crippen molar-refractivity contribution in [1.82, 2.24) is 9.97 Å². The van der Waals surface area contributed by atoms with E-state index in [1.165, 1.54) is 43.8 Å². The summed E-state index contributed by atoms with van der Waals surface area (Å²) in [6, 6.07) is 65.0. The average Bonchev–Trinajstić information content (AvgIpc) is 4.05. The van der Waals surface area contributed by atoms with Crippen LogP contribution in [0.5, 0.6) is 0 Å². The molecule has 13 aromatic rings. The number of hydrogen-bond acceptors (Lipinski definition) is 2. The predicted octanol–water partition coefficient (Wildman–Crippen LogP) is 15.4. The van der Waals surface area contributed by atoms with Crippen LogP contribution in [-0.2, 0) is 0 Å². The van der Waals surface area contributed by atoms with Gasteiger partial charge in [-0.1, -0.05) is 121 Å². The second-order valence-corrected chi connectivity index (χ2v) is 15.4. The molecule has 9 aromatic carbocycles. The van der Waals surface area contributed by atoms with E-state index in [0.717, 1.165) is 88.2 Å². The number of aromatic nitrogens is 2. The topological polar surface area (TPSA) is 57.9 Å². The zero-order valence-corrected chi connectivity index (χ0v) is 31.1. The summed E-state index contributed by atoms with van der Waals surface area (Å²) in [6.07, 6.45) is 0. The van der Waals surface area contributed by atoms with E-state index in [2.05, 4.69) is 192 Å². The van der Waals surface area contributed by atoms with Gasteiger partial charge in [0.2, 0.25) is 0 Å². The van der Waals surface area contributed by atoms with Crippen LogP contribution in [0.25, 0.3) is 132 Å². The van der Waals surface area contributed by atoms with Gasteiger partial charge in [0.05, 0.1) is 11.0 Å². The van der Waals surface area contributed by atoms with Gasteiger partial charge < -0.3 is 18.8 Å². The monoisotopic (exact) mass is 740 g/mol. The zero-order valence-electron chi connectivity index (χ0n) is 31.1. The highest BCUT2D eigenvalue weighted by atomic mass is 16.3. The van der Waals surface area contributed by atoms with Crippen LogP contribution in [0, 0.1) is 0 Å². The fraction of sp³-hybridized carbons (Fsp3) is 0. The zero-order chi connectivity index (χ0) is 37.9. The van der Waals surface area contributed by atoms with Crippen molar-refractivity contribution in [3.05, 3.63) is 182 Å². The molecule has 0 radical (unpaired) electrons. The fourth-order valence-corrected chi connectivity index (χ4v) is 9.34. The third-order valence-electron chi connectivity index (χ3n) is 12.2. The largest absolute Gasteiger partial charge is 0.456 e. The Hall–Kier alpha value is -7.82. The molecular formula is C54H32N2O2. The number of benzene rings is 9. The van der Waals surface area contributed by atoms with Gasteiger partial charge in [0.15, 0.2) is 0 Å². The molecule has 58 heavy (non-hydrogen) atoms. The minimum absolute atomic E-state index is 0.892. The van der Waals surface area contributed by atoms with Gasteiger partial charge in [0.25, 0.3) is 0 Å². The molecule has 0 fully saturated rings. The van der Waals surface area contributed by atoms with E-state index in [0.29, 0.717) is 0 Å². The minimum Gasteiger partial charge on any atom is -0.456 e. The highest BCUT2D eigenvalue weighted by Gasteiger charge is 2.18. The van der Waals surface area contributed by atoms with Crippen LogP contribution in [0.4, 0.5) is 0 Å². The number of nitrogens with one attached hydrogen (secondary N) is 2. The lowest BCUT2D eigenvalue weighted by Crippen LogP contribution is -1.81. The molecule has 0 bridgehead atoms. The molecule has 0 amide bonds. The van der Waals surface area contributed by atoms with Crippen LogP contribution in [0.15, 0.2) is 191 Å². The normalized spacial score (nSPS) is 12.1. The Morgan fingerprint density at radius 2 is 0.655 bits per heavy atom. The summed E-state index contributed by atoms with van der Waals surface area (Å²) in [5.74, 6) is 0. The molecule has 13 rings (SSSR count). The van der Waals surface area contributed by atoms with Crippen LogP contribution in [0.1, 0.15) is 0 Å². The lowest BCUT2D eigenvalue weighted by molar-refractivity contribution is 0.668. The van der Waals surface area contributed by atoms with Crippen molar-refractivity contribution in [2.24, 2.45) is 0 Å². The molecule has 4 aromatic heterocycles. The first-order valence-electron chi connectivity index (χ1n) is 19.7. The van der Waals surface area contributed by atoms with E-state index in [4.69, 9.17) is 8.83 Å². The van der Waals surface area contributed by atoms with Crippen molar-refractivity contribution in [1.29, 1.82) is 0 Å². The van der Waals surface area contributed by atoms with Crippen molar-refractivity contribution < 1.29 is 8.83 Å². The quantitative estimate of drug-likeness (QED) is 0.189. The second kappa shape index (κ2) is 11.8. The molecule has 0 saturated carbocycles. The Kier molecular flexibility index (Phi) is 6.41. The molecule has 0 unspecified atom stereocenters. The molecule has 0 aliphatic rings. The summed E-state index contributed by atoms with van der Waals surface area (Å²) in [6.45, 7) is 0. The van der Waals surface area contributed by atoms with Gasteiger partial charge in [0.1, 0.15) is 22.3 Å². The molecule has 4 heterocycles. The second-order valence-electron chi connectivity index (χ2n) is 15.4. The van der Waals surface area contributed by atoms with Crippen molar-refractivity contribution in [3.8, 4) is 44.5 Å². The maximum Gasteiger partial charge on any atom is 0.135 e. The van der Waals surface area contributed by atoms with E-state index in [-0.39, 0.29) is 0 Å². The predicted molar refractivity (Wildman–Crippen MR) is 241 cm³/mol. The Labute approximate surface area is 331 Å². The van der Waals surface area contributed by atoms with Crippen LogP contribution < -0.4 is 0 Å². The van der Waals surface area contributed by atoms with E-state index in [1.54, 1.807) is 0 Å². The summed E-state index contributed by atoms with van der Waals surface area (Å²) in [5, 5.41) is 9.30. The van der Waals surface area contributed by atoms with E-state index < -0.39 is 0 Å². The smallest absolute Gasteiger partial charge is 0.135 e. The molecule has 0 atom stereocenters. The molecule has 2 N–H and O–H groups in total. The molecule has 0 saturated heterocycles. The van der Waals surface area contributed by atoms with Crippen LogP contribution >= 0.6 is 0 Å². The van der Waals surface area contributed by atoms with E-state index >= 15 is 0 Å². The lowest BCUT2D eigenvalue weighted by atomic mass is 9.98. The Morgan fingerprint density at radius 1 is 0.259 bits per heavy atom. The standard InChI is InChI=1S/C54H32N2O2/c1-3-9-31(10-4-1)33-17-21-49-43(25-33)45-27-35(19-23-51(45)57-49)37-13-7-15-39-41-29-42-40-16-8-14-38(54(40)56-48(42)30-47(41)55-53(37)39)36-20-24-52-46(28-36)44-26-34(18-22-50(44)58-52)32-11-5-2-6-12-32/h1-30,55-56H. The number of furan rings is 2. The molecule has 0 spiro atoms. The third kappa shape index (κ3) is 4.63. The van der Waals surface area contributed by atoms with Gasteiger partial charge >= 0.3 is 0 Å². The Balaban J connectivity index is 0.927. The lowest BCUT2D eigenvalue weighted by Gasteiger charge is -2.05. The van der Waals surface area contributed by atoms with Crippen molar-refractivity contribution >= 4 is 87.5 Å². The Morgan fingerprint density at radius 3 is 1.09 bits per heavy atom. The van der Waals surface area contributed by atoms with Crippen molar-refractivity contribution in [3.63, 3.8) is 0 Å². The van der Waals surface area contributed by atoms with Gasteiger partial charge in [-0.05, 0) is 94.0 Å². The summed E-state index contributed by atoms with van der Waals surface area (Å²) in [7, 11) is 0. The highest BCUT2D eigenvalue weighted by Crippen LogP contribution is 2.42. The number of H-pyrrole nitrogens is 2. The molecule has 270 valence electrons. The first-order chi connectivity index (χ1) is 28.7. The van der Waals surface area contributed by atoms with Crippen molar-refractivity contribution in [2.45, 2.75) is 0 Å². The van der Waals surface area contributed by atoms with Gasteiger partial charge in [-0.25, -0.2) is 0 Å². The molecule has 4 heteroatoms. The van der Waals surface area contributed by atoms with Crippen LogP contribution in [0.3, 0.4) is 0 Å². The number of aromatic amines is 2. The highest BCUT2D eigenvalue weighted by molar-refractivity contribution is 6.21. The van der Waals surface area contributed by atoms with Gasteiger partial charge in [-0.3, -0.25) is 0 Å². The molecule has 0 aliphatic carbocycles. The van der Waals surface area contributed by atoms with Crippen LogP contribution in [0.2, 0.25) is 0 Å². The van der Waals surface area contributed by atoms with Crippen LogP contribution in [-0.4, -0.2) is 9.97 Å². The van der Waals surface area contributed by atoms with E-state index in [1.807, 2.05) is 0 Å². The molecule has 0 aliphatic heterocycles. The SMILES string of the molecule is c1ccc(-c2ccc3oc4ccc(-c5cccc6c5[nH]c5cc7[nH]c8c(-c9ccc%10oc%11ccc(-c%12ccccc%12)cc%11c%10c9)cccc8c7cc56)cc4c3c2)cc1. The maximum absolute atomic E-state index is 6.31.